The van der Waals surface area contributed by atoms with Crippen LogP contribution in [-0.4, -0.2) is 41.1 Å². The van der Waals surface area contributed by atoms with Gasteiger partial charge in [0.1, 0.15) is 12.2 Å². The number of carbonyl (C=O) groups is 1. The quantitative estimate of drug-likeness (QED) is 0.813. The van der Waals surface area contributed by atoms with Gasteiger partial charge >= 0.3 is 5.97 Å². The average molecular weight is 280 g/mol. The highest BCUT2D eigenvalue weighted by Crippen LogP contribution is 2.29. The van der Waals surface area contributed by atoms with Crippen LogP contribution in [0.25, 0.3) is 0 Å². The van der Waals surface area contributed by atoms with Crippen LogP contribution in [0, 0.1) is 0 Å². The summed E-state index contributed by atoms with van der Waals surface area (Å²) in [5, 5.41) is 20.5. The summed E-state index contributed by atoms with van der Waals surface area (Å²) in [5.41, 5.74) is 0.657. The molecule has 1 heterocycles. The molecule has 2 N–H and O–H groups in total. The number of hydrogen-bond donors (Lipinski definition) is 2. The summed E-state index contributed by atoms with van der Waals surface area (Å²) < 4.78 is 10.7. The van der Waals surface area contributed by atoms with E-state index >= 15 is 0 Å². The molecule has 2 rings (SSSR count). The van der Waals surface area contributed by atoms with E-state index < -0.39 is 30.4 Å². The van der Waals surface area contributed by atoms with Gasteiger partial charge in [0.05, 0.1) is 6.10 Å². The van der Waals surface area contributed by atoms with E-state index in [9.17, 15) is 15.0 Å². The van der Waals surface area contributed by atoms with Crippen LogP contribution in [0.15, 0.2) is 30.3 Å². The summed E-state index contributed by atoms with van der Waals surface area (Å²) in [6, 6.07) is 8.93. The van der Waals surface area contributed by atoms with Crippen LogP contribution < -0.4 is 0 Å². The van der Waals surface area contributed by atoms with Crippen LogP contribution in [0.2, 0.25) is 0 Å². The summed E-state index contributed by atoms with van der Waals surface area (Å²) in [4.78, 5) is 11.8. The third-order valence-corrected chi connectivity index (χ3v) is 3.44. The maximum atomic E-state index is 11.8. The number of ether oxygens (including phenoxy) is 2. The molecule has 0 bridgehead atoms. The first-order valence-electron chi connectivity index (χ1n) is 6.85. The van der Waals surface area contributed by atoms with E-state index in [1.807, 2.05) is 13.0 Å². The molecule has 4 atom stereocenters. The molecule has 5 nitrogen and oxygen atoms in total. The molecule has 1 aromatic carbocycles. The van der Waals surface area contributed by atoms with E-state index in [0.29, 0.717) is 18.6 Å². The van der Waals surface area contributed by atoms with Crippen molar-refractivity contribution >= 4 is 5.97 Å². The first-order valence-corrected chi connectivity index (χ1v) is 6.85. The Hall–Kier alpha value is -1.43. The second-order valence-corrected chi connectivity index (χ2v) is 4.83. The molecule has 0 radical (unpaired) electrons. The van der Waals surface area contributed by atoms with E-state index in [1.165, 1.54) is 0 Å². The molecule has 110 valence electrons. The van der Waals surface area contributed by atoms with E-state index in [-0.39, 0.29) is 6.42 Å². The van der Waals surface area contributed by atoms with Gasteiger partial charge in [0.15, 0.2) is 6.10 Å². The third kappa shape index (κ3) is 3.36. The minimum atomic E-state index is -1.21. The van der Waals surface area contributed by atoms with Gasteiger partial charge in [-0.3, -0.25) is 4.79 Å². The van der Waals surface area contributed by atoms with Crippen molar-refractivity contribution in [3.63, 3.8) is 0 Å². The summed E-state index contributed by atoms with van der Waals surface area (Å²) >= 11 is 0. The number of aliphatic hydroxyl groups is 2. The zero-order chi connectivity index (χ0) is 14.5. The fourth-order valence-electron chi connectivity index (χ4n) is 2.40. The molecule has 5 heteroatoms. The molecule has 20 heavy (non-hydrogen) atoms. The molecule has 0 aromatic heterocycles. The summed E-state index contributed by atoms with van der Waals surface area (Å²) in [6.07, 6.45) is -3.23. The molecule has 1 aliphatic heterocycles. The number of cyclic esters (lactones) is 1. The molecule has 0 saturated carbocycles. The van der Waals surface area contributed by atoms with E-state index in [4.69, 9.17) is 9.47 Å². The van der Waals surface area contributed by atoms with E-state index in [2.05, 4.69) is 0 Å². The monoisotopic (exact) mass is 280 g/mol. The van der Waals surface area contributed by atoms with Crippen molar-refractivity contribution in [2.45, 2.75) is 44.2 Å². The van der Waals surface area contributed by atoms with E-state index in [0.717, 1.165) is 0 Å². The molecule has 0 spiro atoms. The highest BCUT2D eigenvalue weighted by atomic mass is 16.6. The third-order valence-electron chi connectivity index (χ3n) is 3.44. The van der Waals surface area contributed by atoms with Crippen LogP contribution in [-0.2, 0) is 14.3 Å². The fourth-order valence-corrected chi connectivity index (χ4v) is 2.40. The number of carbonyl (C=O) groups excluding carboxylic acids is 1. The Kier molecular flexibility index (Phi) is 5.11. The number of esters is 1. The van der Waals surface area contributed by atoms with Gasteiger partial charge in [0.25, 0.3) is 0 Å². The topological polar surface area (TPSA) is 76.0 Å². The van der Waals surface area contributed by atoms with Crippen molar-refractivity contribution in [1.82, 2.24) is 0 Å². The minimum absolute atomic E-state index is 0.164. The summed E-state index contributed by atoms with van der Waals surface area (Å²) in [5.74, 6) is -0.394. The van der Waals surface area contributed by atoms with Crippen molar-refractivity contribution in [1.29, 1.82) is 0 Å². The SMILES string of the molecule is CCO[C@@H]1CCC(=O)O[C@H](c2ccccc2)[C@@H](O)[C@@H]1O. The predicted octanol–water partition coefficient (Wildman–Crippen LogP) is 1.19. The van der Waals surface area contributed by atoms with Gasteiger partial charge in [0, 0.05) is 13.0 Å². The summed E-state index contributed by atoms with van der Waals surface area (Å²) in [6.45, 7) is 2.23. The van der Waals surface area contributed by atoms with Gasteiger partial charge in [-0.1, -0.05) is 30.3 Å². The molecule has 1 fully saturated rings. The lowest BCUT2D eigenvalue weighted by molar-refractivity contribution is -0.178. The normalized spacial score (nSPS) is 31.2. The van der Waals surface area contributed by atoms with E-state index in [1.54, 1.807) is 24.3 Å². The Labute approximate surface area is 118 Å². The number of benzene rings is 1. The molecule has 1 saturated heterocycles. The maximum Gasteiger partial charge on any atom is 0.306 e. The zero-order valence-corrected chi connectivity index (χ0v) is 11.4. The lowest BCUT2D eigenvalue weighted by Gasteiger charge is -2.33. The smallest absolute Gasteiger partial charge is 0.306 e. The average Bonchev–Trinajstić information content (AvgIpc) is 2.47. The van der Waals surface area contributed by atoms with Gasteiger partial charge in [0.2, 0.25) is 0 Å². The highest BCUT2D eigenvalue weighted by Gasteiger charge is 2.38. The first kappa shape index (κ1) is 15.0. The Morgan fingerprint density at radius 1 is 1.25 bits per heavy atom. The van der Waals surface area contributed by atoms with Crippen LogP contribution in [0.5, 0.6) is 0 Å². The van der Waals surface area contributed by atoms with Crippen molar-refractivity contribution in [3.8, 4) is 0 Å². The van der Waals surface area contributed by atoms with Crippen molar-refractivity contribution in [2.75, 3.05) is 6.61 Å². The Morgan fingerprint density at radius 2 is 1.95 bits per heavy atom. The second kappa shape index (κ2) is 6.83. The second-order valence-electron chi connectivity index (χ2n) is 4.83. The first-order chi connectivity index (χ1) is 9.63. The van der Waals surface area contributed by atoms with Crippen molar-refractivity contribution < 1.29 is 24.5 Å². The Bertz CT molecular complexity index is 433. The lowest BCUT2D eigenvalue weighted by atomic mass is 9.94. The molecule has 1 aliphatic rings. The van der Waals surface area contributed by atoms with Crippen LogP contribution in [0.1, 0.15) is 31.4 Å². The Morgan fingerprint density at radius 3 is 2.60 bits per heavy atom. The molecule has 1 aromatic rings. The highest BCUT2D eigenvalue weighted by molar-refractivity contribution is 5.70. The minimum Gasteiger partial charge on any atom is -0.455 e. The van der Waals surface area contributed by atoms with Gasteiger partial charge < -0.3 is 19.7 Å². The fraction of sp³-hybridized carbons (Fsp3) is 0.533. The van der Waals surface area contributed by atoms with Crippen LogP contribution >= 0.6 is 0 Å². The van der Waals surface area contributed by atoms with Crippen molar-refractivity contribution in [3.05, 3.63) is 35.9 Å². The number of rotatable bonds is 3. The summed E-state index contributed by atoms with van der Waals surface area (Å²) in [7, 11) is 0. The molecular formula is C15H20O5. The number of aliphatic hydroxyl groups excluding tert-OH is 2. The van der Waals surface area contributed by atoms with Crippen LogP contribution in [0.3, 0.4) is 0 Å². The Balaban J connectivity index is 2.24. The zero-order valence-electron chi connectivity index (χ0n) is 11.4. The van der Waals surface area contributed by atoms with Gasteiger partial charge in [-0.25, -0.2) is 0 Å². The maximum absolute atomic E-state index is 11.8. The van der Waals surface area contributed by atoms with Gasteiger partial charge in [-0.05, 0) is 18.9 Å². The lowest BCUT2D eigenvalue weighted by Crippen LogP contribution is -2.45. The molecule has 0 amide bonds. The molecule has 0 aliphatic carbocycles. The standard InChI is InChI=1S/C15H20O5/c1-2-19-11-8-9-12(16)20-15(14(18)13(11)17)10-6-4-3-5-7-10/h3-7,11,13-15,17-18H,2,8-9H2,1H3/t11-,13-,14+,15-/m1/s1. The van der Waals surface area contributed by atoms with Gasteiger partial charge in [-0.2, -0.15) is 0 Å². The van der Waals surface area contributed by atoms with Gasteiger partial charge in [-0.15, -0.1) is 0 Å². The number of hydrogen-bond acceptors (Lipinski definition) is 5. The molecule has 0 unspecified atom stereocenters. The van der Waals surface area contributed by atoms with Crippen LogP contribution in [0.4, 0.5) is 0 Å². The largest absolute Gasteiger partial charge is 0.455 e. The molecular weight excluding hydrogens is 260 g/mol. The predicted molar refractivity (Wildman–Crippen MR) is 71.9 cm³/mol. The van der Waals surface area contributed by atoms with Crippen molar-refractivity contribution in [2.24, 2.45) is 0 Å².